The molecule has 1 rings (SSSR count). The van der Waals surface area contributed by atoms with E-state index in [2.05, 4.69) is 26.1 Å². The first-order valence-corrected chi connectivity index (χ1v) is 4.42. The number of hydrogen-bond donors (Lipinski definition) is 0. The van der Waals surface area contributed by atoms with Gasteiger partial charge in [-0.05, 0) is 12.1 Å². The molecule has 0 radical (unpaired) electrons. The number of rotatable bonds is 4. The van der Waals surface area contributed by atoms with Gasteiger partial charge >= 0.3 is 0 Å². The van der Waals surface area contributed by atoms with E-state index in [0.717, 1.165) is 23.3 Å². The molecule has 0 atom stereocenters. The van der Waals surface area contributed by atoms with Gasteiger partial charge < -0.3 is 8.90 Å². The first-order valence-electron chi connectivity index (χ1n) is 4.42. The van der Waals surface area contributed by atoms with E-state index in [0.29, 0.717) is 0 Å². The molecule has 1 aromatic heterocycles. The molecule has 0 saturated heterocycles. The van der Waals surface area contributed by atoms with Gasteiger partial charge in [0.25, 0.3) is 0 Å². The number of aliphatic imine (C=N–C) groups is 1. The molecule has 0 unspecified atom stereocenters. The Labute approximate surface area is 79.3 Å². The second-order valence-corrected chi connectivity index (χ2v) is 4.06. The van der Waals surface area contributed by atoms with Crippen molar-refractivity contribution in [2.24, 2.45) is 4.99 Å². The largest absolute Gasteiger partial charge is 0.463 e. The van der Waals surface area contributed by atoms with Crippen LogP contribution in [0.3, 0.4) is 0 Å². The zero-order valence-electron chi connectivity index (χ0n) is 8.53. The first kappa shape index (κ1) is 9.99. The van der Waals surface area contributed by atoms with Crippen LogP contribution in [0.5, 0.6) is 0 Å². The summed E-state index contributed by atoms with van der Waals surface area (Å²) in [5, 5.41) is 0. The van der Waals surface area contributed by atoms with Crippen molar-refractivity contribution < 1.29 is 8.90 Å². The molecule has 3 nitrogen and oxygen atoms in total. The van der Waals surface area contributed by atoms with E-state index >= 15 is 0 Å². The Balaban J connectivity index is 2.27. The molecule has 1 aromatic rings. The monoisotopic (exact) mass is 181 g/mol. The van der Waals surface area contributed by atoms with Crippen molar-refractivity contribution in [1.82, 2.24) is 0 Å². The molecule has 1 heterocycles. The molecule has 0 aliphatic heterocycles. The van der Waals surface area contributed by atoms with Crippen molar-refractivity contribution in [3.8, 4) is 0 Å². The third-order valence-electron chi connectivity index (χ3n) is 1.66. The van der Waals surface area contributed by atoms with Crippen LogP contribution in [0.2, 0.25) is 0 Å². The smallest absolute Gasteiger partial charge is 0.144 e. The van der Waals surface area contributed by atoms with Crippen LogP contribution in [0, 0.1) is 0 Å². The SMILES string of the molecule is C[N+](C)(C)CCN=Cc1ccco1. The van der Waals surface area contributed by atoms with Crippen LogP contribution in [0.25, 0.3) is 0 Å². The number of likely N-dealkylation sites (N-methyl/N-ethyl adjacent to an activating group) is 1. The Morgan fingerprint density at radius 3 is 2.77 bits per heavy atom. The van der Waals surface area contributed by atoms with E-state index in [4.69, 9.17) is 4.42 Å². The molecule has 13 heavy (non-hydrogen) atoms. The quantitative estimate of drug-likeness (QED) is 0.509. The highest BCUT2D eigenvalue weighted by Gasteiger charge is 2.03. The normalized spacial score (nSPS) is 12.5. The summed E-state index contributed by atoms with van der Waals surface area (Å²) in [7, 11) is 6.47. The van der Waals surface area contributed by atoms with Gasteiger partial charge in [0.15, 0.2) is 0 Å². The van der Waals surface area contributed by atoms with Gasteiger partial charge in [-0.15, -0.1) is 0 Å². The van der Waals surface area contributed by atoms with Gasteiger partial charge in [0, 0.05) is 0 Å². The van der Waals surface area contributed by atoms with E-state index in [1.165, 1.54) is 0 Å². The molecule has 0 aliphatic rings. The molecule has 0 spiro atoms. The molecular weight excluding hydrogens is 164 g/mol. The first-order chi connectivity index (χ1) is 6.08. The summed E-state index contributed by atoms with van der Waals surface area (Å²) in [6, 6.07) is 3.76. The highest BCUT2D eigenvalue weighted by Crippen LogP contribution is 1.95. The van der Waals surface area contributed by atoms with E-state index < -0.39 is 0 Å². The lowest BCUT2D eigenvalue weighted by atomic mass is 10.5. The highest BCUT2D eigenvalue weighted by atomic mass is 16.3. The third kappa shape index (κ3) is 4.48. The summed E-state index contributed by atoms with van der Waals surface area (Å²) < 4.78 is 6.05. The summed E-state index contributed by atoms with van der Waals surface area (Å²) in [6.07, 6.45) is 3.43. The molecule has 0 bridgehead atoms. The van der Waals surface area contributed by atoms with Crippen LogP contribution >= 0.6 is 0 Å². The summed E-state index contributed by atoms with van der Waals surface area (Å²) in [5.74, 6) is 0.821. The minimum absolute atomic E-state index is 0.821. The lowest BCUT2D eigenvalue weighted by Gasteiger charge is -2.22. The average Bonchev–Trinajstić information content (AvgIpc) is 2.48. The number of quaternary nitrogens is 1. The molecule has 3 heteroatoms. The fourth-order valence-electron chi connectivity index (χ4n) is 0.877. The van der Waals surface area contributed by atoms with Gasteiger partial charge in [-0.2, -0.15) is 0 Å². The zero-order chi connectivity index (χ0) is 9.73. The summed E-state index contributed by atoms with van der Waals surface area (Å²) in [5.41, 5.74) is 0. The second kappa shape index (κ2) is 4.23. The second-order valence-electron chi connectivity index (χ2n) is 4.06. The standard InChI is InChI=1S/C10H17N2O/c1-12(2,3)7-6-11-9-10-5-4-8-13-10/h4-5,8-9H,6-7H2,1-3H3/q+1. The predicted octanol–water partition coefficient (Wildman–Crippen LogP) is 1.40. The predicted molar refractivity (Wildman–Crippen MR) is 54.1 cm³/mol. The highest BCUT2D eigenvalue weighted by molar-refractivity contribution is 5.75. The van der Waals surface area contributed by atoms with Crippen molar-refractivity contribution in [3.63, 3.8) is 0 Å². The van der Waals surface area contributed by atoms with Crippen LogP contribution in [0.1, 0.15) is 5.76 Å². The lowest BCUT2D eigenvalue weighted by Crippen LogP contribution is -2.36. The Hall–Kier alpha value is -1.09. The maximum atomic E-state index is 5.11. The van der Waals surface area contributed by atoms with E-state index in [1.54, 1.807) is 12.5 Å². The number of hydrogen-bond acceptors (Lipinski definition) is 2. The summed E-state index contributed by atoms with van der Waals surface area (Å²) in [4.78, 5) is 4.26. The molecule has 0 saturated carbocycles. The minimum atomic E-state index is 0.821. The molecule has 0 N–H and O–H groups in total. The third-order valence-corrected chi connectivity index (χ3v) is 1.66. The minimum Gasteiger partial charge on any atom is -0.463 e. The van der Waals surface area contributed by atoms with E-state index in [-0.39, 0.29) is 0 Å². The van der Waals surface area contributed by atoms with Gasteiger partial charge in [0.05, 0.1) is 46.7 Å². The fourth-order valence-corrected chi connectivity index (χ4v) is 0.877. The Morgan fingerprint density at radius 1 is 1.46 bits per heavy atom. The maximum Gasteiger partial charge on any atom is 0.144 e. The van der Waals surface area contributed by atoms with Gasteiger partial charge in [-0.1, -0.05) is 0 Å². The molecule has 0 amide bonds. The number of furan rings is 1. The van der Waals surface area contributed by atoms with Gasteiger partial charge in [-0.25, -0.2) is 0 Å². The van der Waals surface area contributed by atoms with Gasteiger partial charge in [0.2, 0.25) is 0 Å². The van der Waals surface area contributed by atoms with Crippen LogP contribution in [-0.4, -0.2) is 44.9 Å². The van der Waals surface area contributed by atoms with Gasteiger partial charge in [-0.3, -0.25) is 4.99 Å². The lowest BCUT2D eigenvalue weighted by molar-refractivity contribution is -0.868. The van der Waals surface area contributed by atoms with Crippen LogP contribution in [0.15, 0.2) is 27.8 Å². The maximum absolute atomic E-state index is 5.11. The summed E-state index contributed by atoms with van der Waals surface area (Å²) in [6.45, 7) is 1.88. The number of nitrogens with zero attached hydrogens (tertiary/aromatic N) is 2. The zero-order valence-corrected chi connectivity index (χ0v) is 8.53. The fraction of sp³-hybridized carbons (Fsp3) is 0.500. The average molecular weight is 181 g/mol. The van der Waals surface area contributed by atoms with Crippen molar-refractivity contribution in [2.45, 2.75) is 0 Å². The van der Waals surface area contributed by atoms with Crippen LogP contribution in [-0.2, 0) is 0 Å². The van der Waals surface area contributed by atoms with Crippen LogP contribution in [0.4, 0.5) is 0 Å². The Morgan fingerprint density at radius 2 is 2.23 bits per heavy atom. The van der Waals surface area contributed by atoms with Crippen molar-refractivity contribution >= 4 is 6.21 Å². The van der Waals surface area contributed by atoms with Crippen molar-refractivity contribution in [1.29, 1.82) is 0 Å². The topological polar surface area (TPSA) is 25.5 Å². The van der Waals surface area contributed by atoms with E-state index in [9.17, 15) is 0 Å². The molecule has 0 fully saturated rings. The van der Waals surface area contributed by atoms with Gasteiger partial charge in [0.1, 0.15) is 5.76 Å². The Kier molecular flexibility index (Phi) is 3.25. The van der Waals surface area contributed by atoms with Crippen molar-refractivity contribution in [2.75, 3.05) is 34.2 Å². The summed E-state index contributed by atoms with van der Waals surface area (Å²) >= 11 is 0. The Bertz CT molecular complexity index is 257. The molecule has 72 valence electrons. The molecule has 0 aliphatic carbocycles. The molecular formula is C10H17N2O+. The van der Waals surface area contributed by atoms with Crippen LogP contribution < -0.4 is 0 Å². The van der Waals surface area contributed by atoms with E-state index in [1.807, 2.05) is 12.1 Å². The van der Waals surface area contributed by atoms with Crippen molar-refractivity contribution in [3.05, 3.63) is 24.2 Å². The molecule has 0 aromatic carbocycles.